The number of nitrogens with one attached hydrogen (secondary N) is 2. The van der Waals surface area contributed by atoms with Crippen LogP contribution in [0, 0.1) is 0 Å². The second-order valence-corrected chi connectivity index (χ2v) is 11.9. The van der Waals surface area contributed by atoms with Crippen LogP contribution in [0.3, 0.4) is 0 Å². The van der Waals surface area contributed by atoms with Crippen molar-refractivity contribution in [2.45, 2.75) is 123 Å². The molecule has 0 saturated carbocycles. The smallest absolute Gasteiger partial charge is 0.0910 e. The second kappa shape index (κ2) is 10.4. The summed E-state index contributed by atoms with van der Waals surface area (Å²) in [6.45, 7) is 29.7. The standard InChI is InChI=1S/C25H52N2O4/c1-20(2)21(3,4)27-15-19-31-25(11,12)23(7,8)29-17-13-16-28-22(5,6)24(9,10)30-18-14-26-20/h26-27H,13-19H2,1-12H3. The molecule has 0 aromatic rings. The Hall–Kier alpha value is -0.240. The van der Waals surface area contributed by atoms with Gasteiger partial charge in [0.25, 0.3) is 0 Å². The Bertz CT molecular complexity index is 506. The summed E-state index contributed by atoms with van der Waals surface area (Å²) in [6, 6.07) is 0. The number of hydrogen-bond acceptors (Lipinski definition) is 6. The van der Waals surface area contributed by atoms with Crippen molar-refractivity contribution in [3.05, 3.63) is 0 Å². The second-order valence-electron chi connectivity index (χ2n) is 11.9. The zero-order valence-corrected chi connectivity index (χ0v) is 22.6. The predicted octanol–water partition coefficient (Wildman–Crippen LogP) is 4.31. The molecular weight excluding hydrogens is 392 g/mol. The van der Waals surface area contributed by atoms with Gasteiger partial charge in [-0.2, -0.15) is 0 Å². The lowest BCUT2D eigenvalue weighted by Gasteiger charge is -2.45. The van der Waals surface area contributed by atoms with Crippen molar-refractivity contribution < 1.29 is 18.9 Å². The molecule has 0 amide bonds. The fourth-order valence-electron chi connectivity index (χ4n) is 3.19. The summed E-state index contributed by atoms with van der Waals surface area (Å²) >= 11 is 0. The molecule has 2 N–H and O–H groups in total. The molecular formula is C25H52N2O4. The van der Waals surface area contributed by atoms with E-state index in [9.17, 15) is 0 Å². The van der Waals surface area contributed by atoms with E-state index < -0.39 is 22.4 Å². The van der Waals surface area contributed by atoms with E-state index in [2.05, 4.69) is 93.7 Å². The van der Waals surface area contributed by atoms with E-state index in [-0.39, 0.29) is 11.1 Å². The highest BCUT2D eigenvalue weighted by Gasteiger charge is 2.41. The van der Waals surface area contributed by atoms with Crippen LogP contribution in [0.1, 0.15) is 89.5 Å². The minimum Gasteiger partial charge on any atom is -0.373 e. The van der Waals surface area contributed by atoms with Gasteiger partial charge in [0, 0.05) is 37.4 Å². The molecule has 1 heterocycles. The van der Waals surface area contributed by atoms with Crippen LogP contribution in [0.4, 0.5) is 0 Å². The molecule has 31 heavy (non-hydrogen) atoms. The molecule has 1 aliphatic rings. The van der Waals surface area contributed by atoms with Gasteiger partial charge in [-0.15, -0.1) is 0 Å². The van der Waals surface area contributed by atoms with Gasteiger partial charge >= 0.3 is 0 Å². The minimum atomic E-state index is -0.413. The van der Waals surface area contributed by atoms with E-state index in [1.807, 2.05) is 0 Å². The summed E-state index contributed by atoms with van der Waals surface area (Å²) in [7, 11) is 0. The van der Waals surface area contributed by atoms with Gasteiger partial charge in [-0.05, 0) is 89.5 Å². The first kappa shape index (κ1) is 28.8. The number of hydrogen-bond donors (Lipinski definition) is 2. The monoisotopic (exact) mass is 444 g/mol. The molecule has 0 aromatic heterocycles. The third-order valence-electron chi connectivity index (χ3n) is 7.94. The molecule has 1 fully saturated rings. The Morgan fingerprint density at radius 1 is 0.419 bits per heavy atom. The van der Waals surface area contributed by atoms with Gasteiger partial charge < -0.3 is 29.6 Å². The lowest BCUT2D eigenvalue weighted by atomic mass is 9.82. The maximum absolute atomic E-state index is 6.27. The molecule has 0 bridgehead atoms. The largest absolute Gasteiger partial charge is 0.373 e. The average molecular weight is 445 g/mol. The lowest BCUT2D eigenvalue weighted by molar-refractivity contribution is -0.189. The molecule has 0 unspecified atom stereocenters. The Morgan fingerprint density at radius 3 is 0.968 bits per heavy atom. The van der Waals surface area contributed by atoms with Crippen LogP contribution < -0.4 is 10.6 Å². The van der Waals surface area contributed by atoms with Crippen LogP contribution >= 0.6 is 0 Å². The fraction of sp³-hybridized carbons (Fsp3) is 1.00. The first-order valence-corrected chi connectivity index (χ1v) is 11.9. The normalized spacial score (nSPS) is 29.8. The van der Waals surface area contributed by atoms with Crippen molar-refractivity contribution in [3.63, 3.8) is 0 Å². The van der Waals surface area contributed by atoms with Crippen molar-refractivity contribution in [1.82, 2.24) is 10.6 Å². The number of ether oxygens (including phenoxy) is 4. The minimum absolute atomic E-state index is 0.132. The van der Waals surface area contributed by atoms with Gasteiger partial charge in [0.2, 0.25) is 0 Å². The van der Waals surface area contributed by atoms with E-state index in [0.717, 1.165) is 19.5 Å². The highest BCUT2D eigenvalue weighted by atomic mass is 16.6. The highest BCUT2D eigenvalue weighted by molar-refractivity contribution is 5.00. The van der Waals surface area contributed by atoms with Crippen LogP contribution in [-0.2, 0) is 18.9 Å². The van der Waals surface area contributed by atoms with Crippen LogP contribution in [-0.4, -0.2) is 73.0 Å². The maximum atomic E-state index is 6.27. The maximum Gasteiger partial charge on any atom is 0.0910 e. The molecule has 0 aromatic carbocycles. The number of rotatable bonds is 0. The molecule has 0 spiro atoms. The van der Waals surface area contributed by atoms with Gasteiger partial charge in [0.15, 0.2) is 0 Å². The fourth-order valence-corrected chi connectivity index (χ4v) is 3.19. The third kappa shape index (κ3) is 7.65. The Labute approximate surface area is 192 Å². The van der Waals surface area contributed by atoms with E-state index in [0.29, 0.717) is 26.4 Å². The average Bonchev–Trinajstić information content (AvgIpc) is 2.61. The molecule has 1 aliphatic heterocycles. The highest BCUT2D eigenvalue weighted by Crippen LogP contribution is 2.31. The van der Waals surface area contributed by atoms with Crippen molar-refractivity contribution in [3.8, 4) is 0 Å². The summed E-state index contributed by atoms with van der Waals surface area (Å²) in [5.41, 5.74) is -1.91. The van der Waals surface area contributed by atoms with E-state index in [4.69, 9.17) is 18.9 Å². The first-order valence-electron chi connectivity index (χ1n) is 11.9. The zero-order chi connectivity index (χ0) is 24.2. The topological polar surface area (TPSA) is 61.0 Å². The molecule has 6 heteroatoms. The molecule has 0 aliphatic carbocycles. The Morgan fingerprint density at radius 2 is 0.677 bits per heavy atom. The molecule has 186 valence electrons. The lowest BCUT2D eigenvalue weighted by Crippen LogP contribution is -2.64. The quantitative estimate of drug-likeness (QED) is 0.581. The van der Waals surface area contributed by atoms with Crippen molar-refractivity contribution in [2.24, 2.45) is 0 Å². The van der Waals surface area contributed by atoms with Crippen LogP contribution in [0.15, 0.2) is 0 Å². The van der Waals surface area contributed by atoms with Crippen molar-refractivity contribution in [1.29, 1.82) is 0 Å². The van der Waals surface area contributed by atoms with Crippen LogP contribution in [0.5, 0.6) is 0 Å². The molecule has 1 saturated heterocycles. The van der Waals surface area contributed by atoms with E-state index in [1.54, 1.807) is 0 Å². The SMILES string of the molecule is CC1(C)NCCOC(C)(C)C(C)(C)OCCCOC(C)(C)C(C)(C)OCCNC1(C)C. The third-order valence-corrected chi connectivity index (χ3v) is 7.94. The summed E-state index contributed by atoms with van der Waals surface area (Å²) in [5.74, 6) is 0. The summed E-state index contributed by atoms with van der Waals surface area (Å²) in [6.07, 6.45) is 0.824. The van der Waals surface area contributed by atoms with Crippen molar-refractivity contribution >= 4 is 0 Å². The summed E-state index contributed by atoms with van der Waals surface area (Å²) in [5, 5.41) is 7.34. The predicted molar refractivity (Wildman–Crippen MR) is 129 cm³/mol. The molecule has 1 rings (SSSR count). The van der Waals surface area contributed by atoms with Gasteiger partial charge in [0.1, 0.15) is 0 Å². The van der Waals surface area contributed by atoms with Gasteiger partial charge in [-0.3, -0.25) is 0 Å². The molecule has 0 atom stereocenters. The first-order chi connectivity index (χ1) is 13.9. The van der Waals surface area contributed by atoms with Crippen LogP contribution in [0.25, 0.3) is 0 Å². The van der Waals surface area contributed by atoms with Gasteiger partial charge in [-0.25, -0.2) is 0 Å². The zero-order valence-electron chi connectivity index (χ0n) is 22.6. The summed E-state index contributed by atoms with van der Waals surface area (Å²) in [4.78, 5) is 0. The summed E-state index contributed by atoms with van der Waals surface area (Å²) < 4.78 is 25.0. The molecule has 0 radical (unpaired) electrons. The van der Waals surface area contributed by atoms with Crippen molar-refractivity contribution in [2.75, 3.05) is 39.5 Å². The van der Waals surface area contributed by atoms with E-state index in [1.165, 1.54) is 0 Å². The Balaban J connectivity index is 2.96. The van der Waals surface area contributed by atoms with Gasteiger partial charge in [0.05, 0.1) is 35.6 Å². The van der Waals surface area contributed by atoms with Crippen LogP contribution in [0.2, 0.25) is 0 Å². The van der Waals surface area contributed by atoms with Gasteiger partial charge in [-0.1, -0.05) is 0 Å². The van der Waals surface area contributed by atoms with E-state index >= 15 is 0 Å². The molecule has 6 nitrogen and oxygen atoms in total. The Kier molecular flexibility index (Phi) is 9.62.